The van der Waals surface area contributed by atoms with E-state index in [1.54, 1.807) is 10.8 Å². The Morgan fingerprint density at radius 3 is 2.40 bits per heavy atom. The average molecular weight is 482 g/mol. The van der Waals surface area contributed by atoms with E-state index in [1.165, 1.54) is 0 Å². The lowest BCUT2D eigenvalue weighted by Gasteiger charge is -2.20. The van der Waals surface area contributed by atoms with Crippen LogP contribution in [-0.4, -0.2) is 41.1 Å². The molecule has 6 nitrogen and oxygen atoms in total. The lowest BCUT2D eigenvalue weighted by atomic mass is 9.90. The third-order valence-corrected chi connectivity index (χ3v) is 6.60. The SMILES string of the molecule is CN(C)c1ccc(C(CNC(=O)c2c[nH]c(=S)n2-c2ccccc2)c2c[nH]c3ccccc23)cc1. The largest absolute Gasteiger partial charge is 0.378 e. The first-order valence-electron chi connectivity index (χ1n) is 11.5. The van der Waals surface area contributed by atoms with Crippen molar-refractivity contribution in [2.24, 2.45) is 0 Å². The van der Waals surface area contributed by atoms with E-state index in [-0.39, 0.29) is 11.8 Å². The topological polar surface area (TPSA) is 68.8 Å². The fraction of sp³-hybridized carbons (Fsp3) is 0.143. The van der Waals surface area contributed by atoms with Crippen molar-refractivity contribution in [3.05, 3.63) is 113 Å². The summed E-state index contributed by atoms with van der Waals surface area (Å²) in [6.45, 7) is 0.439. The van der Waals surface area contributed by atoms with Crippen molar-refractivity contribution in [1.29, 1.82) is 0 Å². The van der Waals surface area contributed by atoms with Crippen LogP contribution >= 0.6 is 12.2 Å². The number of carbonyl (C=O) groups excluding carboxylic acids is 1. The number of imidazole rings is 1. The smallest absolute Gasteiger partial charge is 0.269 e. The van der Waals surface area contributed by atoms with E-state index in [9.17, 15) is 4.79 Å². The number of hydrogen-bond donors (Lipinski definition) is 3. The number of aromatic nitrogens is 3. The summed E-state index contributed by atoms with van der Waals surface area (Å²) >= 11 is 5.46. The number of H-pyrrole nitrogens is 2. The maximum Gasteiger partial charge on any atom is 0.269 e. The van der Waals surface area contributed by atoms with E-state index >= 15 is 0 Å². The van der Waals surface area contributed by atoms with Crippen molar-refractivity contribution in [3.8, 4) is 5.69 Å². The second-order valence-corrected chi connectivity index (χ2v) is 9.07. The molecule has 0 radical (unpaired) electrons. The molecule has 0 aliphatic carbocycles. The quantitative estimate of drug-likeness (QED) is 0.263. The third kappa shape index (κ3) is 4.50. The molecule has 3 N–H and O–H groups in total. The molecule has 1 atom stereocenters. The van der Waals surface area contributed by atoms with Crippen LogP contribution in [0.4, 0.5) is 5.69 Å². The molecule has 0 aliphatic rings. The van der Waals surface area contributed by atoms with Crippen molar-refractivity contribution < 1.29 is 4.79 Å². The summed E-state index contributed by atoms with van der Waals surface area (Å²) in [5.41, 5.74) is 5.80. The number of carbonyl (C=O) groups is 1. The highest BCUT2D eigenvalue weighted by molar-refractivity contribution is 7.71. The molecule has 0 saturated carbocycles. The summed E-state index contributed by atoms with van der Waals surface area (Å²) < 4.78 is 2.24. The molecule has 0 saturated heterocycles. The Labute approximate surface area is 209 Å². The van der Waals surface area contributed by atoms with Crippen molar-refractivity contribution in [2.75, 3.05) is 25.5 Å². The zero-order chi connectivity index (χ0) is 24.4. The Morgan fingerprint density at radius 1 is 0.943 bits per heavy atom. The first-order chi connectivity index (χ1) is 17.0. The molecule has 3 aromatic carbocycles. The summed E-state index contributed by atoms with van der Waals surface area (Å²) in [4.78, 5) is 21.8. The van der Waals surface area contributed by atoms with Crippen LogP contribution < -0.4 is 10.2 Å². The summed E-state index contributed by atoms with van der Waals surface area (Å²) in [7, 11) is 4.05. The Morgan fingerprint density at radius 2 is 1.66 bits per heavy atom. The molecule has 7 heteroatoms. The van der Waals surface area contributed by atoms with E-state index in [0.29, 0.717) is 17.0 Å². The predicted octanol–water partition coefficient (Wildman–Crippen LogP) is 5.64. The third-order valence-electron chi connectivity index (χ3n) is 6.30. The molecule has 5 aromatic rings. The van der Waals surface area contributed by atoms with Crippen molar-refractivity contribution in [2.45, 2.75) is 5.92 Å². The van der Waals surface area contributed by atoms with Crippen LogP contribution in [-0.2, 0) is 0 Å². The van der Waals surface area contributed by atoms with E-state index in [0.717, 1.165) is 33.4 Å². The summed E-state index contributed by atoms with van der Waals surface area (Å²) in [6.07, 6.45) is 3.71. The van der Waals surface area contributed by atoms with Gasteiger partial charge in [0.05, 0.1) is 0 Å². The molecule has 0 aliphatic heterocycles. The van der Waals surface area contributed by atoms with Gasteiger partial charge in [-0.3, -0.25) is 9.36 Å². The molecular formula is C28H27N5OS. The maximum absolute atomic E-state index is 13.4. The van der Waals surface area contributed by atoms with Gasteiger partial charge in [0.1, 0.15) is 5.69 Å². The molecule has 5 rings (SSSR count). The first-order valence-corrected chi connectivity index (χ1v) is 11.9. The van der Waals surface area contributed by atoms with Crippen LogP contribution in [0, 0.1) is 4.77 Å². The van der Waals surface area contributed by atoms with Crippen LogP contribution in [0.3, 0.4) is 0 Å². The van der Waals surface area contributed by atoms with E-state index < -0.39 is 0 Å². The molecule has 0 spiro atoms. The molecule has 2 heterocycles. The minimum absolute atomic E-state index is 0.0293. The summed E-state index contributed by atoms with van der Waals surface area (Å²) in [5.74, 6) is -0.214. The number of hydrogen-bond acceptors (Lipinski definition) is 3. The molecule has 2 aromatic heterocycles. The van der Waals surface area contributed by atoms with Gasteiger partial charge >= 0.3 is 0 Å². The van der Waals surface area contributed by atoms with Crippen molar-refractivity contribution in [1.82, 2.24) is 19.9 Å². The van der Waals surface area contributed by atoms with Gasteiger partial charge in [-0.05, 0) is 53.7 Å². The van der Waals surface area contributed by atoms with Crippen molar-refractivity contribution in [3.63, 3.8) is 0 Å². The number of para-hydroxylation sites is 2. The molecule has 1 unspecified atom stereocenters. The monoisotopic (exact) mass is 481 g/mol. The van der Waals surface area contributed by atoms with Gasteiger partial charge in [-0.15, -0.1) is 0 Å². The fourth-order valence-electron chi connectivity index (χ4n) is 4.45. The number of rotatable bonds is 7. The fourth-order valence-corrected chi connectivity index (χ4v) is 4.71. The number of amides is 1. The number of aromatic amines is 2. The first kappa shape index (κ1) is 22.7. The van der Waals surface area contributed by atoms with Crippen LogP contribution in [0.15, 0.2) is 91.3 Å². The van der Waals surface area contributed by atoms with Gasteiger partial charge < -0.3 is 20.2 Å². The molecule has 176 valence electrons. The highest BCUT2D eigenvalue weighted by Crippen LogP contribution is 2.31. The number of nitrogens with one attached hydrogen (secondary N) is 3. The standard InChI is InChI=1S/C28H27N5OS/c1-32(2)20-14-12-19(13-15-20)23(24-17-29-25-11-7-6-10-22(24)25)16-30-27(34)26-18-31-28(35)33(26)21-8-4-3-5-9-21/h3-15,17-18,23,29H,16H2,1-2H3,(H,30,34)(H,31,35). The lowest BCUT2D eigenvalue weighted by Crippen LogP contribution is -2.30. The zero-order valence-electron chi connectivity index (χ0n) is 19.7. The lowest BCUT2D eigenvalue weighted by molar-refractivity contribution is 0.0945. The number of nitrogens with zero attached hydrogens (tertiary/aromatic N) is 2. The van der Waals surface area contributed by atoms with Crippen LogP contribution in [0.5, 0.6) is 0 Å². The van der Waals surface area contributed by atoms with Gasteiger partial charge in [-0.25, -0.2) is 0 Å². The second kappa shape index (κ2) is 9.64. The second-order valence-electron chi connectivity index (χ2n) is 8.69. The normalized spacial score (nSPS) is 11.9. The van der Waals surface area contributed by atoms with Gasteiger partial charge in [0.15, 0.2) is 4.77 Å². The molecule has 35 heavy (non-hydrogen) atoms. The minimum Gasteiger partial charge on any atom is -0.378 e. The van der Waals surface area contributed by atoms with Gasteiger partial charge in [-0.2, -0.15) is 0 Å². The maximum atomic E-state index is 13.4. The highest BCUT2D eigenvalue weighted by Gasteiger charge is 2.21. The predicted molar refractivity (Wildman–Crippen MR) is 144 cm³/mol. The van der Waals surface area contributed by atoms with Gasteiger partial charge in [0.2, 0.25) is 0 Å². The van der Waals surface area contributed by atoms with Gasteiger partial charge in [0.25, 0.3) is 5.91 Å². The van der Waals surface area contributed by atoms with Gasteiger partial charge in [0, 0.05) is 61.2 Å². The Bertz CT molecular complexity index is 1510. The van der Waals surface area contributed by atoms with E-state index in [4.69, 9.17) is 12.2 Å². The van der Waals surface area contributed by atoms with E-state index in [2.05, 4.69) is 56.6 Å². The zero-order valence-corrected chi connectivity index (χ0v) is 20.5. The van der Waals surface area contributed by atoms with Gasteiger partial charge in [-0.1, -0.05) is 48.5 Å². The minimum atomic E-state index is -0.184. The molecule has 0 bridgehead atoms. The number of benzene rings is 3. The molecule has 0 fully saturated rings. The Kier molecular flexibility index (Phi) is 6.25. The summed E-state index contributed by atoms with van der Waals surface area (Å²) in [6, 6.07) is 26.4. The van der Waals surface area contributed by atoms with Crippen LogP contribution in [0.25, 0.3) is 16.6 Å². The molecular weight excluding hydrogens is 454 g/mol. The van der Waals surface area contributed by atoms with Crippen LogP contribution in [0.1, 0.15) is 27.5 Å². The number of fused-ring (bicyclic) bond motifs is 1. The number of anilines is 1. The average Bonchev–Trinajstić information content (AvgIpc) is 3.49. The van der Waals surface area contributed by atoms with E-state index in [1.807, 2.05) is 62.8 Å². The Hall–Kier alpha value is -4.10. The highest BCUT2D eigenvalue weighted by atomic mass is 32.1. The molecule has 1 amide bonds. The van der Waals surface area contributed by atoms with Crippen LogP contribution in [0.2, 0.25) is 0 Å². The summed E-state index contributed by atoms with van der Waals surface area (Å²) in [5, 5.41) is 4.31. The Balaban J connectivity index is 1.47. The van der Waals surface area contributed by atoms with Crippen molar-refractivity contribution >= 4 is 34.7 Å².